The van der Waals surface area contributed by atoms with E-state index in [9.17, 15) is 4.79 Å². The van der Waals surface area contributed by atoms with Crippen molar-refractivity contribution >= 4 is 5.97 Å². The van der Waals surface area contributed by atoms with E-state index in [0.29, 0.717) is 31.8 Å². The van der Waals surface area contributed by atoms with E-state index >= 15 is 0 Å². The summed E-state index contributed by atoms with van der Waals surface area (Å²) in [4.78, 5) is 11.3. The summed E-state index contributed by atoms with van der Waals surface area (Å²) >= 11 is 0. The predicted octanol–water partition coefficient (Wildman–Crippen LogP) is 0.586. The molecule has 0 radical (unpaired) electrons. The van der Waals surface area contributed by atoms with Gasteiger partial charge in [-0.15, -0.1) is 0 Å². The fourth-order valence-corrected chi connectivity index (χ4v) is 1.30. The highest BCUT2D eigenvalue weighted by molar-refractivity contribution is 5.87. The lowest BCUT2D eigenvalue weighted by molar-refractivity contribution is -0.182. The van der Waals surface area contributed by atoms with Crippen LogP contribution in [-0.2, 0) is 19.0 Å². The second kappa shape index (κ2) is 6.62. The number of carbonyl (C=O) groups excluding carboxylic acids is 1. The zero-order valence-corrected chi connectivity index (χ0v) is 9.77. The average molecular weight is 229 g/mol. The van der Waals surface area contributed by atoms with Gasteiger partial charge in [-0.1, -0.05) is 6.08 Å². The van der Waals surface area contributed by atoms with Crippen molar-refractivity contribution in [2.45, 2.75) is 32.6 Å². The van der Waals surface area contributed by atoms with Gasteiger partial charge in [-0.05, 0) is 13.8 Å². The first kappa shape index (κ1) is 13.2. The summed E-state index contributed by atoms with van der Waals surface area (Å²) in [6.45, 7) is 4.87. The van der Waals surface area contributed by atoms with E-state index in [1.807, 2.05) is 0 Å². The van der Waals surface area contributed by atoms with Gasteiger partial charge in [0, 0.05) is 12.0 Å². The van der Waals surface area contributed by atoms with Gasteiger partial charge >= 0.3 is 5.97 Å². The predicted molar refractivity (Wildman–Crippen MR) is 58.7 cm³/mol. The van der Waals surface area contributed by atoms with Crippen molar-refractivity contribution < 1.29 is 19.0 Å². The number of nitrogens with two attached hydrogens (primary N) is 1. The van der Waals surface area contributed by atoms with E-state index in [-0.39, 0.29) is 18.3 Å². The second-order valence-corrected chi connectivity index (χ2v) is 3.70. The normalized spacial score (nSPS) is 26.6. The van der Waals surface area contributed by atoms with Crippen LogP contribution in [-0.4, -0.2) is 38.1 Å². The van der Waals surface area contributed by atoms with E-state index in [1.54, 1.807) is 19.9 Å². The largest absolute Gasteiger partial charge is 0.463 e. The van der Waals surface area contributed by atoms with E-state index < -0.39 is 0 Å². The molecule has 5 nitrogen and oxygen atoms in total. The Balaban J connectivity index is 2.32. The third kappa shape index (κ3) is 4.30. The summed E-state index contributed by atoms with van der Waals surface area (Å²) < 4.78 is 15.5. The molecule has 0 bridgehead atoms. The molecule has 1 heterocycles. The molecule has 0 unspecified atom stereocenters. The van der Waals surface area contributed by atoms with Crippen LogP contribution in [0.5, 0.6) is 0 Å². The highest BCUT2D eigenvalue weighted by atomic mass is 16.7. The quantitative estimate of drug-likeness (QED) is 0.564. The molecule has 5 heteroatoms. The lowest BCUT2D eigenvalue weighted by Gasteiger charge is -2.26. The molecular formula is C11H19NO4. The van der Waals surface area contributed by atoms with E-state index in [1.165, 1.54) is 0 Å². The van der Waals surface area contributed by atoms with Gasteiger partial charge in [0.2, 0.25) is 0 Å². The summed E-state index contributed by atoms with van der Waals surface area (Å²) in [5.74, 6) is -0.296. The molecule has 0 aromatic heterocycles. The lowest BCUT2D eigenvalue weighted by Crippen LogP contribution is -2.40. The Kier molecular flexibility index (Phi) is 5.45. The molecule has 0 aliphatic carbocycles. The molecule has 0 aromatic carbocycles. The van der Waals surface area contributed by atoms with Gasteiger partial charge in [0.15, 0.2) is 6.29 Å². The minimum Gasteiger partial charge on any atom is -0.463 e. The second-order valence-electron chi connectivity index (χ2n) is 3.70. The maximum Gasteiger partial charge on any atom is 0.333 e. The molecule has 2 N–H and O–H groups in total. The van der Waals surface area contributed by atoms with Gasteiger partial charge in [0.05, 0.1) is 25.9 Å². The smallest absolute Gasteiger partial charge is 0.333 e. The van der Waals surface area contributed by atoms with Crippen LogP contribution < -0.4 is 5.73 Å². The van der Waals surface area contributed by atoms with Gasteiger partial charge in [-0.3, -0.25) is 0 Å². The van der Waals surface area contributed by atoms with Crippen molar-refractivity contribution in [3.8, 4) is 0 Å². The van der Waals surface area contributed by atoms with Gasteiger partial charge in [-0.2, -0.15) is 0 Å². The van der Waals surface area contributed by atoms with Crippen molar-refractivity contribution in [2.24, 2.45) is 5.73 Å². The van der Waals surface area contributed by atoms with Gasteiger partial charge < -0.3 is 19.9 Å². The van der Waals surface area contributed by atoms with Crippen LogP contribution >= 0.6 is 0 Å². The SMILES string of the molecule is CCOC(=O)/C(C)=C/CC1OCC(N)CO1. The molecule has 16 heavy (non-hydrogen) atoms. The monoisotopic (exact) mass is 229 g/mol. The van der Waals surface area contributed by atoms with Crippen molar-refractivity contribution in [1.82, 2.24) is 0 Å². The molecule has 1 rings (SSSR count). The molecular weight excluding hydrogens is 210 g/mol. The number of ether oxygens (including phenoxy) is 3. The van der Waals surface area contributed by atoms with Crippen molar-refractivity contribution in [2.75, 3.05) is 19.8 Å². The fourth-order valence-electron chi connectivity index (χ4n) is 1.30. The molecule has 0 saturated carbocycles. The summed E-state index contributed by atoms with van der Waals surface area (Å²) in [7, 11) is 0. The fraction of sp³-hybridized carbons (Fsp3) is 0.727. The molecule has 0 aromatic rings. The van der Waals surface area contributed by atoms with Crippen LogP contribution in [0.1, 0.15) is 20.3 Å². The summed E-state index contributed by atoms with van der Waals surface area (Å²) in [6, 6.07) is -0.0496. The number of hydrogen-bond donors (Lipinski definition) is 1. The van der Waals surface area contributed by atoms with Crippen molar-refractivity contribution in [1.29, 1.82) is 0 Å². The molecule has 0 spiro atoms. The van der Waals surface area contributed by atoms with Crippen LogP contribution in [0.2, 0.25) is 0 Å². The maximum atomic E-state index is 11.3. The lowest BCUT2D eigenvalue weighted by atomic mass is 10.2. The van der Waals surface area contributed by atoms with Crippen LogP contribution in [0.25, 0.3) is 0 Å². The third-order valence-electron chi connectivity index (χ3n) is 2.21. The van der Waals surface area contributed by atoms with E-state index in [0.717, 1.165) is 0 Å². The van der Waals surface area contributed by atoms with E-state index in [4.69, 9.17) is 19.9 Å². The molecule has 1 saturated heterocycles. The topological polar surface area (TPSA) is 70.8 Å². The Bertz CT molecular complexity index is 257. The Morgan fingerprint density at radius 2 is 2.12 bits per heavy atom. The minimum absolute atomic E-state index is 0.0496. The molecule has 0 amide bonds. The van der Waals surface area contributed by atoms with Gasteiger partial charge in [-0.25, -0.2) is 4.79 Å². The summed E-state index contributed by atoms with van der Waals surface area (Å²) in [5, 5.41) is 0. The number of carbonyl (C=O) groups is 1. The van der Waals surface area contributed by atoms with Crippen molar-refractivity contribution in [3.63, 3.8) is 0 Å². The highest BCUT2D eigenvalue weighted by Gasteiger charge is 2.18. The Hall–Kier alpha value is -0.910. The maximum absolute atomic E-state index is 11.3. The Labute approximate surface area is 95.5 Å². The third-order valence-corrected chi connectivity index (χ3v) is 2.21. The van der Waals surface area contributed by atoms with Crippen LogP contribution in [0.15, 0.2) is 11.6 Å². The highest BCUT2D eigenvalue weighted by Crippen LogP contribution is 2.10. The molecule has 92 valence electrons. The van der Waals surface area contributed by atoms with Gasteiger partial charge in [0.1, 0.15) is 0 Å². The van der Waals surface area contributed by atoms with Crippen LogP contribution in [0, 0.1) is 0 Å². The summed E-state index contributed by atoms with van der Waals surface area (Å²) in [6.07, 6.45) is 2.00. The zero-order valence-electron chi connectivity index (χ0n) is 9.77. The Morgan fingerprint density at radius 3 is 2.69 bits per heavy atom. The average Bonchev–Trinajstić information content (AvgIpc) is 2.28. The standard InChI is InChI=1S/C11H19NO4/c1-3-14-11(13)8(2)4-5-10-15-6-9(12)7-16-10/h4,9-10H,3,5-7,12H2,1-2H3/b8-4+. The number of rotatable bonds is 4. The van der Waals surface area contributed by atoms with Crippen LogP contribution in [0.3, 0.4) is 0 Å². The number of hydrogen-bond acceptors (Lipinski definition) is 5. The first-order valence-corrected chi connectivity index (χ1v) is 5.46. The molecule has 1 aliphatic heterocycles. The minimum atomic E-state index is -0.302. The Morgan fingerprint density at radius 1 is 1.50 bits per heavy atom. The number of esters is 1. The first-order valence-electron chi connectivity index (χ1n) is 5.46. The molecule has 0 atom stereocenters. The molecule has 1 aliphatic rings. The zero-order chi connectivity index (χ0) is 12.0. The first-order chi connectivity index (χ1) is 7.63. The van der Waals surface area contributed by atoms with E-state index in [2.05, 4.69) is 0 Å². The summed E-state index contributed by atoms with van der Waals surface area (Å²) in [5.41, 5.74) is 6.17. The van der Waals surface area contributed by atoms with Gasteiger partial charge in [0.25, 0.3) is 0 Å². The van der Waals surface area contributed by atoms with Crippen LogP contribution in [0.4, 0.5) is 0 Å². The molecule has 1 fully saturated rings. The van der Waals surface area contributed by atoms with Crippen molar-refractivity contribution in [3.05, 3.63) is 11.6 Å².